The summed E-state index contributed by atoms with van der Waals surface area (Å²) < 4.78 is 2.26. The summed E-state index contributed by atoms with van der Waals surface area (Å²) in [6.45, 7) is 0. The van der Waals surface area contributed by atoms with E-state index in [9.17, 15) is 10.2 Å². The van der Waals surface area contributed by atoms with Crippen LogP contribution in [-0.4, -0.2) is 19.8 Å². The van der Waals surface area contributed by atoms with Crippen molar-refractivity contribution in [1.29, 1.82) is 0 Å². The highest BCUT2D eigenvalue weighted by Gasteiger charge is 2.46. The maximum Gasteiger partial charge on any atom is 0.199 e. The molecule has 0 saturated heterocycles. The molecule has 4 heteroatoms. The third kappa shape index (κ3) is 1.47. The highest BCUT2D eigenvalue weighted by Crippen LogP contribution is 2.61. The Balaban J connectivity index is 1.82. The van der Waals surface area contributed by atoms with Gasteiger partial charge in [0.2, 0.25) is 0 Å². The number of aromatic nitrogens is 2. The predicted octanol–water partition coefficient (Wildman–Crippen LogP) is 4.37. The highest BCUT2D eigenvalue weighted by atomic mass is 16.3. The van der Waals surface area contributed by atoms with Crippen LogP contribution in [0, 0.1) is 0 Å². The van der Waals surface area contributed by atoms with Crippen LogP contribution in [0.15, 0.2) is 48.5 Å². The van der Waals surface area contributed by atoms with Crippen molar-refractivity contribution in [1.82, 2.24) is 9.55 Å². The lowest BCUT2D eigenvalue weighted by Gasteiger charge is -2.28. The van der Waals surface area contributed by atoms with Gasteiger partial charge in [-0.3, -0.25) is 4.98 Å². The van der Waals surface area contributed by atoms with Crippen LogP contribution in [0.25, 0.3) is 22.0 Å². The van der Waals surface area contributed by atoms with Crippen LogP contribution in [0.3, 0.4) is 0 Å². The molecule has 4 nitrogen and oxygen atoms in total. The van der Waals surface area contributed by atoms with E-state index in [4.69, 9.17) is 0 Å². The monoisotopic (exact) mass is 342 g/mol. The Morgan fingerprint density at radius 3 is 2.62 bits per heavy atom. The van der Waals surface area contributed by atoms with Gasteiger partial charge in [-0.2, -0.15) is 0 Å². The zero-order valence-corrected chi connectivity index (χ0v) is 14.3. The minimum atomic E-state index is 0.0597. The lowest BCUT2D eigenvalue weighted by molar-refractivity contribution is 0.421. The summed E-state index contributed by atoms with van der Waals surface area (Å²) in [5.74, 6) is 0.477. The Hall–Kier alpha value is -3.14. The third-order valence-corrected chi connectivity index (χ3v) is 6.30. The number of rotatable bonds is 0. The number of fused-ring (bicyclic) bond motifs is 10. The molecule has 2 aromatic carbocycles. The summed E-state index contributed by atoms with van der Waals surface area (Å²) in [6, 6.07) is 16.8. The quantitative estimate of drug-likeness (QED) is 0.444. The third-order valence-electron chi connectivity index (χ3n) is 6.30. The van der Waals surface area contributed by atoms with Gasteiger partial charge in [-0.25, -0.2) is 0 Å². The van der Waals surface area contributed by atoms with Crippen molar-refractivity contribution in [2.24, 2.45) is 7.05 Å². The highest BCUT2D eigenvalue weighted by molar-refractivity contribution is 6.02. The second-order valence-electron chi connectivity index (χ2n) is 7.43. The van der Waals surface area contributed by atoms with Gasteiger partial charge >= 0.3 is 0 Å². The van der Waals surface area contributed by atoms with Gasteiger partial charge in [0.15, 0.2) is 11.8 Å². The first-order valence-electron chi connectivity index (χ1n) is 8.96. The molecule has 6 rings (SSSR count). The van der Waals surface area contributed by atoms with E-state index in [-0.39, 0.29) is 23.6 Å². The van der Waals surface area contributed by atoms with E-state index in [2.05, 4.69) is 53.0 Å². The summed E-state index contributed by atoms with van der Waals surface area (Å²) in [5.41, 5.74) is 7.69. The van der Waals surface area contributed by atoms with E-state index >= 15 is 0 Å². The zero-order valence-electron chi connectivity index (χ0n) is 14.3. The van der Waals surface area contributed by atoms with Crippen LogP contribution >= 0.6 is 0 Å². The number of H-pyrrole nitrogens is 1. The van der Waals surface area contributed by atoms with E-state index < -0.39 is 0 Å². The Morgan fingerprint density at radius 1 is 0.962 bits per heavy atom. The van der Waals surface area contributed by atoms with Gasteiger partial charge in [0, 0.05) is 46.6 Å². The summed E-state index contributed by atoms with van der Waals surface area (Å²) >= 11 is 0. The standard InChI is InChI=1S/C22H18N2O2/c1-24-15-9-5-4-8-13(15)17-19-18(21(25)23-22(19)26)14-10-11-6-2-3-7-12(11)16(14)20(17)24/h2-9,14,16,23,25-26H,10H2,1H3. The Bertz CT molecular complexity index is 1210. The van der Waals surface area contributed by atoms with E-state index in [1.54, 1.807) is 0 Å². The number of aryl methyl sites for hydroxylation is 1. The lowest BCUT2D eigenvalue weighted by Crippen LogP contribution is -2.16. The van der Waals surface area contributed by atoms with Gasteiger partial charge < -0.3 is 14.8 Å². The topological polar surface area (TPSA) is 61.2 Å². The molecule has 2 aliphatic carbocycles. The Labute approximate surface area is 150 Å². The number of hydrogen-bond acceptors (Lipinski definition) is 2. The van der Waals surface area contributed by atoms with E-state index in [0.717, 1.165) is 34.0 Å². The van der Waals surface area contributed by atoms with Gasteiger partial charge in [0.1, 0.15) is 0 Å². The van der Waals surface area contributed by atoms with Crippen molar-refractivity contribution in [3.8, 4) is 22.9 Å². The summed E-state index contributed by atoms with van der Waals surface area (Å²) in [4.78, 5) is 2.77. The minimum absolute atomic E-state index is 0.0597. The van der Waals surface area contributed by atoms with Gasteiger partial charge in [0.05, 0.1) is 5.56 Å². The fraction of sp³-hybridized carbons (Fsp3) is 0.182. The molecule has 26 heavy (non-hydrogen) atoms. The number of hydrogen-bond donors (Lipinski definition) is 3. The van der Waals surface area contributed by atoms with Crippen LogP contribution < -0.4 is 0 Å². The molecule has 0 saturated carbocycles. The van der Waals surface area contributed by atoms with Crippen molar-refractivity contribution < 1.29 is 10.2 Å². The SMILES string of the molecule is Cn1c2c(c3ccccc31)-c1c(O)[nH]c(O)c1C1Cc3ccccc3C21. The van der Waals surface area contributed by atoms with Gasteiger partial charge in [-0.05, 0) is 23.6 Å². The molecule has 2 atom stereocenters. The van der Waals surface area contributed by atoms with Crippen LogP contribution in [0.4, 0.5) is 0 Å². The number of nitrogens with one attached hydrogen (secondary N) is 1. The molecule has 2 aromatic heterocycles. The summed E-state index contributed by atoms with van der Waals surface area (Å²) in [6.07, 6.45) is 0.875. The Kier molecular flexibility index (Phi) is 2.45. The van der Waals surface area contributed by atoms with Crippen molar-refractivity contribution >= 4 is 10.9 Å². The summed E-state index contributed by atoms with van der Waals surface area (Å²) in [7, 11) is 2.10. The molecule has 0 spiro atoms. The van der Waals surface area contributed by atoms with Gasteiger partial charge in [0.25, 0.3) is 0 Å². The largest absolute Gasteiger partial charge is 0.494 e. The maximum absolute atomic E-state index is 10.6. The molecule has 3 N–H and O–H groups in total. The first-order valence-corrected chi connectivity index (χ1v) is 8.96. The second kappa shape index (κ2) is 4.52. The smallest absolute Gasteiger partial charge is 0.199 e. The van der Waals surface area contributed by atoms with E-state index in [1.165, 1.54) is 16.8 Å². The fourth-order valence-electron chi connectivity index (χ4n) is 5.34. The van der Waals surface area contributed by atoms with Crippen LogP contribution in [0.1, 0.15) is 34.2 Å². The molecule has 0 bridgehead atoms. The number of aromatic amines is 1. The van der Waals surface area contributed by atoms with E-state index in [0.29, 0.717) is 0 Å². The van der Waals surface area contributed by atoms with Crippen molar-refractivity contribution in [2.75, 3.05) is 0 Å². The number of para-hydroxylation sites is 1. The fourth-order valence-corrected chi connectivity index (χ4v) is 5.34. The average Bonchev–Trinajstić information content (AvgIpc) is 3.26. The molecule has 0 fully saturated rings. The summed E-state index contributed by atoms with van der Waals surface area (Å²) in [5, 5.41) is 22.3. The first kappa shape index (κ1) is 14.1. The maximum atomic E-state index is 10.6. The molecule has 128 valence electrons. The number of nitrogens with zero attached hydrogens (tertiary/aromatic N) is 1. The zero-order chi connectivity index (χ0) is 17.6. The molecular weight excluding hydrogens is 324 g/mol. The molecule has 4 aromatic rings. The lowest BCUT2D eigenvalue weighted by atomic mass is 9.75. The van der Waals surface area contributed by atoms with Crippen LogP contribution in [0.2, 0.25) is 0 Å². The molecule has 0 amide bonds. The molecular formula is C22H18N2O2. The van der Waals surface area contributed by atoms with Crippen molar-refractivity contribution in [3.63, 3.8) is 0 Å². The average molecular weight is 342 g/mol. The van der Waals surface area contributed by atoms with Gasteiger partial charge in [-0.1, -0.05) is 42.5 Å². The molecule has 0 radical (unpaired) electrons. The normalized spacial score (nSPS) is 19.9. The van der Waals surface area contributed by atoms with E-state index in [1.807, 2.05) is 12.1 Å². The molecule has 2 aliphatic rings. The van der Waals surface area contributed by atoms with Crippen molar-refractivity contribution in [2.45, 2.75) is 18.3 Å². The van der Waals surface area contributed by atoms with Crippen LogP contribution in [-0.2, 0) is 13.5 Å². The molecule has 2 heterocycles. The number of aromatic hydroxyl groups is 2. The number of benzene rings is 2. The second-order valence-corrected chi connectivity index (χ2v) is 7.43. The van der Waals surface area contributed by atoms with Crippen LogP contribution in [0.5, 0.6) is 11.8 Å². The molecule has 2 unspecified atom stereocenters. The predicted molar refractivity (Wildman–Crippen MR) is 101 cm³/mol. The molecule has 0 aliphatic heterocycles. The minimum Gasteiger partial charge on any atom is -0.494 e. The first-order chi connectivity index (χ1) is 12.7. The Morgan fingerprint density at radius 2 is 1.73 bits per heavy atom. The van der Waals surface area contributed by atoms with Crippen molar-refractivity contribution in [3.05, 3.63) is 70.9 Å². The van der Waals surface area contributed by atoms with Gasteiger partial charge in [-0.15, -0.1) is 0 Å².